The average molecular weight is 398 g/mol. The number of thiocarbonyl (C=S) groups is 1. The van der Waals surface area contributed by atoms with E-state index in [1.807, 2.05) is 0 Å². The van der Waals surface area contributed by atoms with E-state index in [0.29, 0.717) is 20.5 Å². The molecular weight excluding hydrogens is 389 g/mol. The van der Waals surface area contributed by atoms with E-state index in [9.17, 15) is 13.2 Å². The second-order valence-electron chi connectivity index (χ2n) is 4.29. The van der Waals surface area contributed by atoms with E-state index in [4.69, 9.17) is 40.0 Å². The summed E-state index contributed by atoms with van der Waals surface area (Å²) in [6, 6.07) is 4.85. The highest BCUT2D eigenvalue weighted by Gasteiger charge is 2.32. The quantitative estimate of drug-likeness (QED) is 0.477. The number of rotatable bonds is 4. The van der Waals surface area contributed by atoms with Crippen molar-refractivity contribution in [1.29, 1.82) is 0 Å². The maximum Gasteiger partial charge on any atom is 0.266 e. The number of carbonyl (C=O) groups excluding carboxylic acids is 1. The summed E-state index contributed by atoms with van der Waals surface area (Å²) >= 11 is 17.9. The molecule has 1 aromatic rings. The van der Waals surface area contributed by atoms with E-state index in [0.717, 1.165) is 16.7 Å². The molecule has 10 heteroatoms. The molecule has 22 heavy (non-hydrogen) atoms. The van der Waals surface area contributed by atoms with Crippen LogP contribution in [0.3, 0.4) is 0 Å². The normalized spacial score (nSPS) is 17.6. The number of hydrogen-bond donors (Lipinski definition) is 1. The van der Waals surface area contributed by atoms with Gasteiger partial charge in [-0.25, -0.2) is 0 Å². The number of nitrogens with zero attached hydrogens (tertiary/aromatic N) is 1. The molecule has 1 aliphatic rings. The molecule has 1 saturated heterocycles. The maximum absolute atomic E-state index is 12.2. The van der Waals surface area contributed by atoms with Crippen LogP contribution in [-0.2, 0) is 14.9 Å². The third kappa shape index (κ3) is 4.43. The third-order valence-corrected chi connectivity index (χ3v) is 5.33. The minimum atomic E-state index is -4.16. The highest BCUT2D eigenvalue weighted by Crippen LogP contribution is 2.34. The Balaban J connectivity index is 2.22. The van der Waals surface area contributed by atoms with Crippen LogP contribution in [0.1, 0.15) is 5.56 Å². The van der Waals surface area contributed by atoms with Crippen molar-refractivity contribution in [3.05, 3.63) is 38.7 Å². The second kappa shape index (κ2) is 6.86. The van der Waals surface area contributed by atoms with E-state index >= 15 is 0 Å². The molecule has 1 amide bonds. The van der Waals surface area contributed by atoms with E-state index < -0.39 is 21.8 Å². The Hall–Kier alpha value is -0.640. The Morgan fingerprint density at radius 1 is 1.36 bits per heavy atom. The Labute approximate surface area is 147 Å². The predicted molar refractivity (Wildman–Crippen MR) is 92.8 cm³/mol. The van der Waals surface area contributed by atoms with Crippen LogP contribution in [0.4, 0.5) is 0 Å². The fraction of sp³-hybridized carbons (Fsp3) is 0.167. The molecule has 2 rings (SSSR count). The van der Waals surface area contributed by atoms with E-state index in [1.165, 1.54) is 0 Å². The average Bonchev–Trinajstić information content (AvgIpc) is 2.65. The van der Waals surface area contributed by atoms with E-state index in [1.54, 1.807) is 24.3 Å². The summed E-state index contributed by atoms with van der Waals surface area (Å²) in [4.78, 5) is 13.7. The lowest BCUT2D eigenvalue weighted by Gasteiger charge is -2.12. The number of halogens is 2. The molecule has 0 saturated carbocycles. The van der Waals surface area contributed by atoms with Gasteiger partial charge in [0, 0.05) is 16.6 Å². The lowest BCUT2D eigenvalue weighted by atomic mass is 10.2. The molecule has 1 heterocycles. The van der Waals surface area contributed by atoms with Crippen molar-refractivity contribution in [2.45, 2.75) is 0 Å². The van der Waals surface area contributed by atoms with Gasteiger partial charge < -0.3 is 0 Å². The van der Waals surface area contributed by atoms with Crippen molar-refractivity contribution in [2.75, 3.05) is 12.3 Å². The molecule has 0 aliphatic carbocycles. The van der Waals surface area contributed by atoms with Gasteiger partial charge in [0.1, 0.15) is 4.32 Å². The number of hydrogen-bond acceptors (Lipinski definition) is 5. The Morgan fingerprint density at radius 3 is 2.64 bits per heavy atom. The van der Waals surface area contributed by atoms with Gasteiger partial charge in [-0.1, -0.05) is 53.2 Å². The minimum absolute atomic E-state index is 0.199. The van der Waals surface area contributed by atoms with Gasteiger partial charge >= 0.3 is 0 Å². The van der Waals surface area contributed by atoms with Gasteiger partial charge in [0.15, 0.2) is 0 Å². The fourth-order valence-electron chi connectivity index (χ4n) is 1.66. The molecule has 5 nitrogen and oxygen atoms in total. The highest BCUT2D eigenvalue weighted by atomic mass is 35.5. The summed E-state index contributed by atoms with van der Waals surface area (Å²) < 4.78 is 30.5. The number of amides is 1. The Bertz CT molecular complexity index is 777. The van der Waals surface area contributed by atoms with Crippen LogP contribution >= 0.6 is 47.2 Å². The Kier molecular flexibility index (Phi) is 5.52. The molecule has 1 aliphatic heterocycles. The van der Waals surface area contributed by atoms with Crippen molar-refractivity contribution >= 4 is 73.6 Å². The predicted octanol–water partition coefficient (Wildman–Crippen LogP) is 3.08. The second-order valence-corrected chi connectivity index (χ2v) is 8.38. The zero-order valence-electron chi connectivity index (χ0n) is 10.8. The van der Waals surface area contributed by atoms with Gasteiger partial charge in [-0.3, -0.25) is 14.2 Å². The first-order valence-corrected chi connectivity index (χ1v) is 9.42. The summed E-state index contributed by atoms with van der Waals surface area (Å²) in [6.45, 7) is -0.199. The van der Waals surface area contributed by atoms with Crippen LogP contribution in [0.15, 0.2) is 23.1 Å². The number of thioether (sulfide) groups is 1. The first-order chi connectivity index (χ1) is 10.2. The van der Waals surface area contributed by atoms with Crippen molar-refractivity contribution < 1.29 is 17.8 Å². The summed E-state index contributed by atoms with van der Waals surface area (Å²) in [7, 11) is -4.16. The molecule has 0 bridgehead atoms. The molecule has 0 atom stereocenters. The third-order valence-electron chi connectivity index (χ3n) is 2.70. The topological polar surface area (TPSA) is 74.7 Å². The zero-order chi connectivity index (χ0) is 16.5. The SMILES string of the molecule is O=C1/C(=C/c2ccc(Cl)cc2Cl)SC(=S)N1CCS(=O)(=O)O. The van der Waals surface area contributed by atoms with Gasteiger partial charge in [0.05, 0.1) is 10.7 Å². The Morgan fingerprint density at radius 2 is 2.05 bits per heavy atom. The molecule has 0 aromatic heterocycles. The summed E-state index contributed by atoms with van der Waals surface area (Å²) in [5.41, 5.74) is 0.598. The van der Waals surface area contributed by atoms with Crippen molar-refractivity contribution in [3.63, 3.8) is 0 Å². The lowest BCUT2D eigenvalue weighted by Crippen LogP contribution is -2.32. The number of carbonyl (C=O) groups is 1. The molecule has 1 fully saturated rings. The molecule has 1 N–H and O–H groups in total. The lowest BCUT2D eigenvalue weighted by molar-refractivity contribution is -0.121. The highest BCUT2D eigenvalue weighted by molar-refractivity contribution is 8.26. The van der Waals surface area contributed by atoms with Crippen LogP contribution in [0.2, 0.25) is 10.0 Å². The van der Waals surface area contributed by atoms with Gasteiger partial charge in [-0.15, -0.1) is 0 Å². The van der Waals surface area contributed by atoms with Gasteiger partial charge in [0.2, 0.25) is 0 Å². The van der Waals surface area contributed by atoms with Crippen LogP contribution in [0, 0.1) is 0 Å². The molecule has 0 radical (unpaired) electrons. The van der Waals surface area contributed by atoms with Crippen molar-refractivity contribution in [2.24, 2.45) is 0 Å². The molecule has 0 unspecified atom stereocenters. The van der Waals surface area contributed by atoms with Crippen LogP contribution in [0.5, 0.6) is 0 Å². The van der Waals surface area contributed by atoms with Crippen LogP contribution in [-0.4, -0.2) is 40.4 Å². The van der Waals surface area contributed by atoms with E-state index in [2.05, 4.69) is 0 Å². The van der Waals surface area contributed by atoms with Gasteiger partial charge in [-0.2, -0.15) is 8.42 Å². The van der Waals surface area contributed by atoms with Gasteiger partial charge in [-0.05, 0) is 23.8 Å². The number of benzene rings is 1. The van der Waals surface area contributed by atoms with Gasteiger partial charge in [0.25, 0.3) is 16.0 Å². The molecule has 0 spiro atoms. The van der Waals surface area contributed by atoms with Crippen LogP contribution in [0.25, 0.3) is 6.08 Å². The summed E-state index contributed by atoms with van der Waals surface area (Å²) in [5.74, 6) is -1.00. The monoisotopic (exact) mass is 397 g/mol. The standard InChI is InChI=1S/C12H9Cl2NO4S3/c13-8-2-1-7(9(14)6-8)5-10-11(16)15(12(20)21-10)3-4-22(17,18)19/h1-2,5-6H,3-4H2,(H,17,18,19)/b10-5-. The summed E-state index contributed by atoms with van der Waals surface area (Å²) in [5, 5.41) is 0.860. The minimum Gasteiger partial charge on any atom is -0.292 e. The fourth-order valence-corrected chi connectivity index (χ4v) is 3.84. The largest absolute Gasteiger partial charge is 0.292 e. The van der Waals surface area contributed by atoms with Crippen molar-refractivity contribution in [1.82, 2.24) is 4.90 Å². The summed E-state index contributed by atoms with van der Waals surface area (Å²) in [6.07, 6.45) is 1.56. The first-order valence-electron chi connectivity index (χ1n) is 5.83. The first kappa shape index (κ1) is 17.7. The zero-order valence-corrected chi connectivity index (χ0v) is 14.8. The molecular formula is C12H9Cl2NO4S3. The maximum atomic E-state index is 12.2. The van der Waals surface area contributed by atoms with Crippen LogP contribution < -0.4 is 0 Å². The molecule has 1 aromatic carbocycles. The molecule has 118 valence electrons. The van der Waals surface area contributed by atoms with Crippen molar-refractivity contribution in [3.8, 4) is 0 Å². The smallest absolute Gasteiger partial charge is 0.266 e. The van der Waals surface area contributed by atoms with E-state index in [-0.39, 0.29) is 10.9 Å².